The van der Waals surface area contributed by atoms with E-state index in [1.54, 1.807) is 11.1 Å². The van der Waals surface area contributed by atoms with Crippen molar-refractivity contribution in [1.29, 1.82) is 0 Å². The normalized spacial score (nSPS) is 18.1. The number of fused-ring (bicyclic) bond motifs is 2. The van der Waals surface area contributed by atoms with E-state index in [4.69, 9.17) is 0 Å². The molecule has 0 atom stereocenters. The lowest BCUT2D eigenvalue weighted by atomic mass is 9.73. The molecule has 4 rings (SSSR count). The average molecular weight is 393 g/mol. The van der Waals surface area contributed by atoms with Crippen LogP contribution in [0.3, 0.4) is 0 Å². The molecule has 0 radical (unpaired) electrons. The van der Waals surface area contributed by atoms with Gasteiger partial charge >= 0.3 is 0 Å². The SMILES string of the molecule is CCCNC(=O)c1ccc2c(c1)C1(CCN(Cc3cccnc3)CC1)C(=O)N2C. The maximum Gasteiger partial charge on any atom is 0.251 e. The minimum absolute atomic E-state index is 0.0687. The van der Waals surface area contributed by atoms with Crippen molar-refractivity contribution < 1.29 is 9.59 Å². The lowest BCUT2D eigenvalue weighted by Crippen LogP contribution is -2.47. The molecule has 1 spiro atoms. The minimum Gasteiger partial charge on any atom is -0.352 e. The second-order valence-corrected chi connectivity index (χ2v) is 8.07. The Morgan fingerprint density at radius 1 is 1.24 bits per heavy atom. The number of carbonyl (C=O) groups is 2. The van der Waals surface area contributed by atoms with Crippen molar-refractivity contribution in [2.75, 3.05) is 31.6 Å². The van der Waals surface area contributed by atoms with Crippen LogP contribution in [0, 0.1) is 0 Å². The molecule has 2 amide bonds. The molecule has 2 aliphatic rings. The van der Waals surface area contributed by atoms with Crippen LogP contribution in [0.25, 0.3) is 0 Å². The van der Waals surface area contributed by atoms with E-state index in [0.717, 1.165) is 50.1 Å². The summed E-state index contributed by atoms with van der Waals surface area (Å²) in [6.45, 7) is 5.23. The monoisotopic (exact) mass is 392 g/mol. The van der Waals surface area contributed by atoms with Crippen molar-refractivity contribution in [2.24, 2.45) is 0 Å². The number of nitrogens with zero attached hydrogens (tertiary/aromatic N) is 3. The highest BCUT2D eigenvalue weighted by Gasteiger charge is 2.51. The van der Waals surface area contributed by atoms with Crippen LogP contribution in [0.1, 0.15) is 47.7 Å². The van der Waals surface area contributed by atoms with Crippen LogP contribution in [-0.2, 0) is 16.8 Å². The fraction of sp³-hybridized carbons (Fsp3) is 0.435. The number of hydrogen-bond acceptors (Lipinski definition) is 4. The standard InChI is InChI=1S/C23H28N4O2/c1-3-10-25-21(28)18-6-7-20-19(14-18)23(22(29)26(20)2)8-12-27(13-9-23)16-17-5-4-11-24-15-17/h4-7,11,14-15H,3,8-10,12-13,16H2,1-2H3,(H,25,28). The first-order chi connectivity index (χ1) is 14.0. The number of likely N-dealkylation sites (tertiary alicyclic amines) is 1. The quantitative estimate of drug-likeness (QED) is 0.850. The molecular formula is C23H28N4O2. The summed E-state index contributed by atoms with van der Waals surface area (Å²) in [6.07, 6.45) is 6.11. The first-order valence-electron chi connectivity index (χ1n) is 10.4. The van der Waals surface area contributed by atoms with Crippen LogP contribution in [-0.4, -0.2) is 48.4 Å². The number of anilines is 1. The fourth-order valence-electron chi connectivity index (χ4n) is 4.57. The van der Waals surface area contributed by atoms with E-state index in [2.05, 4.69) is 21.3 Å². The Kier molecular flexibility index (Phi) is 5.37. The van der Waals surface area contributed by atoms with Gasteiger partial charge in [0.15, 0.2) is 0 Å². The minimum atomic E-state index is -0.517. The Hall–Kier alpha value is -2.73. The number of rotatable bonds is 5. The molecule has 0 bridgehead atoms. The van der Waals surface area contributed by atoms with Crippen LogP contribution < -0.4 is 10.2 Å². The summed E-state index contributed by atoms with van der Waals surface area (Å²) in [4.78, 5) is 34.1. The second-order valence-electron chi connectivity index (χ2n) is 8.07. The van der Waals surface area contributed by atoms with Crippen LogP contribution in [0.5, 0.6) is 0 Å². The Morgan fingerprint density at radius 3 is 2.72 bits per heavy atom. The van der Waals surface area contributed by atoms with Gasteiger partial charge in [0.2, 0.25) is 5.91 Å². The number of carbonyl (C=O) groups excluding carboxylic acids is 2. The molecule has 6 heteroatoms. The van der Waals surface area contributed by atoms with E-state index in [9.17, 15) is 9.59 Å². The highest BCUT2D eigenvalue weighted by atomic mass is 16.2. The van der Waals surface area contributed by atoms with E-state index >= 15 is 0 Å². The zero-order valence-corrected chi connectivity index (χ0v) is 17.1. The molecule has 2 aliphatic heterocycles. The number of amides is 2. The van der Waals surface area contributed by atoms with Gasteiger partial charge in [0.25, 0.3) is 5.91 Å². The third kappa shape index (κ3) is 3.53. The Balaban J connectivity index is 1.56. The van der Waals surface area contributed by atoms with E-state index in [1.165, 1.54) is 5.56 Å². The van der Waals surface area contributed by atoms with Crippen LogP contribution in [0.4, 0.5) is 5.69 Å². The van der Waals surface area contributed by atoms with Crippen LogP contribution in [0.2, 0.25) is 0 Å². The second kappa shape index (κ2) is 7.95. The average Bonchev–Trinajstić information content (AvgIpc) is 2.96. The first-order valence-corrected chi connectivity index (χ1v) is 10.4. The molecule has 1 fully saturated rings. The number of benzene rings is 1. The van der Waals surface area contributed by atoms with Gasteiger partial charge < -0.3 is 10.2 Å². The van der Waals surface area contributed by atoms with E-state index < -0.39 is 5.41 Å². The van der Waals surface area contributed by atoms with Gasteiger partial charge in [-0.05, 0) is 67.7 Å². The van der Waals surface area contributed by atoms with Crippen molar-refractivity contribution >= 4 is 17.5 Å². The molecule has 3 heterocycles. The zero-order chi connectivity index (χ0) is 20.4. The number of pyridine rings is 1. The molecule has 1 N–H and O–H groups in total. The number of hydrogen-bond donors (Lipinski definition) is 1. The molecule has 1 saturated heterocycles. The maximum atomic E-state index is 13.3. The predicted octanol–water partition coefficient (Wildman–Crippen LogP) is 2.73. The van der Waals surface area contributed by atoms with E-state index in [0.29, 0.717) is 12.1 Å². The van der Waals surface area contributed by atoms with E-state index in [-0.39, 0.29) is 11.8 Å². The number of nitrogens with one attached hydrogen (secondary N) is 1. The highest BCUT2D eigenvalue weighted by molar-refractivity contribution is 6.09. The number of likely N-dealkylation sites (N-methyl/N-ethyl adjacent to an activating group) is 1. The summed E-state index contributed by atoms with van der Waals surface area (Å²) in [6, 6.07) is 9.73. The van der Waals surface area contributed by atoms with Crippen molar-refractivity contribution in [3.63, 3.8) is 0 Å². The lowest BCUT2D eigenvalue weighted by molar-refractivity contribution is -0.124. The molecule has 1 aromatic carbocycles. The summed E-state index contributed by atoms with van der Waals surface area (Å²) < 4.78 is 0. The number of aromatic nitrogens is 1. The van der Waals surface area contributed by atoms with Crippen molar-refractivity contribution in [2.45, 2.75) is 38.1 Å². The molecule has 152 valence electrons. The highest BCUT2D eigenvalue weighted by Crippen LogP contribution is 2.47. The Morgan fingerprint density at radius 2 is 2.03 bits per heavy atom. The summed E-state index contributed by atoms with van der Waals surface area (Å²) in [5.41, 5.74) is 3.25. The van der Waals surface area contributed by atoms with E-state index in [1.807, 2.05) is 44.4 Å². The molecule has 6 nitrogen and oxygen atoms in total. The van der Waals surface area contributed by atoms with Gasteiger partial charge in [-0.25, -0.2) is 0 Å². The van der Waals surface area contributed by atoms with Gasteiger partial charge in [-0.1, -0.05) is 13.0 Å². The van der Waals surface area contributed by atoms with Gasteiger partial charge in [-0.2, -0.15) is 0 Å². The van der Waals surface area contributed by atoms with Gasteiger partial charge in [0, 0.05) is 43.8 Å². The summed E-state index contributed by atoms with van der Waals surface area (Å²) in [7, 11) is 1.84. The van der Waals surface area contributed by atoms with Crippen molar-refractivity contribution in [3.8, 4) is 0 Å². The summed E-state index contributed by atoms with van der Waals surface area (Å²) in [5, 5.41) is 2.94. The Bertz CT molecular complexity index is 904. The molecule has 2 aromatic rings. The maximum absolute atomic E-state index is 13.3. The Labute approximate surface area is 171 Å². The summed E-state index contributed by atoms with van der Waals surface area (Å²) >= 11 is 0. The number of piperidine rings is 1. The zero-order valence-electron chi connectivity index (χ0n) is 17.1. The van der Waals surface area contributed by atoms with Gasteiger partial charge in [0.05, 0.1) is 5.41 Å². The van der Waals surface area contributed by atoms with Gasteiger partial charge in [0.1, 0.15) is 0 Å². The van der Waals surface area contributed by atoms with Crippen molar-refractivity contribution in [1.82, 2.24) is 15.2 Å². The molecule has 0 unspecified atom stereocenters. The summed E-state index contributed by atoms with van der Waals surface area (Å²) in [5.74, 6) is 0.0838. The van der Waals surface area contributed by atoms with Gasteiger partial charge in [-0.15, -0.1) is 0 Å². The third-order valence-electron chi connectivity index (χ3n) is 6.22. The largest absolute Gasteiger partial charge is 0.352 e. The fourth-order valence-corrected chi connectivity index (χ4v) is 4.57. The molecular weight excluding hydrogens is 364 g/mol. The third-order valence-corrected chi connectivity index (χ3v) is 6.22. The molecule has 29 heavy (non-hydrogen) atoms. The molecule has 0 saturated carbocycles. The van der Waals surface area contributed by atoms with Crippen molar-refractivity contribution in [3.05, 3.63) is 59.4 Å². The molecule has 0 aliphatic carbocycles. The van der Waals surface area contributed by atoms with Crippen LogP contribution >= 0.6 is 0 Å². The lowest BCUT2D eigenvalue weighted by Gasteiger charge is -2.38. The smallest absolute Gasteiger partial charge is 0.251 e. The van der Waals surface area contributed by atoms with Crippen LogP contribution in [0.15, 0.2) is 42.7 Å². The molecule has 1 aromatic heterocycles. The van der Waals surface area contributed by atoms with Gasteiger partial charge in [-0.3, -0.25) is 19.5 Å². The predicted molar refractivity (Wildman–Crippen MR) is 113 cm³/mol. The first kappa shape index (κ1) is 19.6. The topological polar surface area (TPSA) is 65.5 Å².